The maximum Gasteiger partial charge on any atom is 0.289 e. The largest absolute Gasteiger partial charge is 0.289 e. The van der Waals surface area contributed by atoms with Crippen LogP contribution in [0, 0.1) is 24.0 Å². The third-order valence-corrected chi connectivity index (χ3v) is 4.91. The summed E-state index contributed by atoms with van der Waals surface area (Å²) in [5.41, 5.74) is 0.943. The van der Waals surface area contributed by atoms with E-state index in [4.69, 9.17) is 11.6 Å². The van der Waals surface area contributed by atoms with Gasteiger partial charge in [-0.3, -0.25) is 10.1 Å². The molecule has 1 rings (SSSR count). The lowest BCUT2D eigenvalue weighted by Gasteiger charge is -2.16. The molecule has 0 N–H and O–H groups in total. The quantitative estimate of drug-likeness (QED) is 0.474. The Kier molecular flexibility index (Phi) is 4.89. The highest BCUT2D eigenvalue weighted by atomic mass is 35.5. The highest BCUT2D eigenvalue weighted by molar-refractivity contribution is 7.89. The molecular formula is C11H15ClN2O4S. The van der Waals surface area contributed by atoms with Gasteiger partial charge in [-0.1, -0.05) is 0 Å². The van der Waals surface area contributed by atoms with Crippen LogP contribution >= 0.6 is 11.6 Å². The molecule has 0 saturated carbocycles. The van der Waals surface area contributed by atoms with Gasteiger partial charge in [0.2, 0.25) is 10.0 Å². The molecule has 106 valence electrons. The predicted molar refractivity (Wildman–Crippen MR) is 73.1 cm³/mol. The van der Waals surface area contributed by atoms with Crippen LogP contribution in [0.3, 0.4) is 0 Å². The molecule has 0 heterocycles. The standard InChI is InChI=1S/C11H15ClN2O4S/c1-8-6-10(14(15)16)11(7-9(8)2)19(17,18)13(3)5-4-12/h6-7H,4-5H2,1-3H3. The van der Waals surface area contributed by atoms with Crippen LogP contribution in [0.1, 0.15) is 11.1 Å². The summed E-state index contributed by atoms with van der Waals surface area (Å²) in [5.74, 6) is 0.119. The molecule has 0 spiro atoms. The van der Waals surface area contributed by atoms with Crippen molar-refractivity contribution in [3.05, 3.63) is 33.4 Å². The first-order chi connectivity index (χ1) is 8.71. The zero-order valence-corrected chi connectivity index (χ0v) is 12.5. The van der Waals surface area contributed by atoms with Crippen molar-refractivity contribution in [3.63, 3.8) is 0 Å². The number of rotatable bonds is 5. The summed E-state index contributed by atoms with van der Waals surface area (Å²) in [6.45, 7) is 3.49. The number of hydrogen-bond donors (Lipinski definition) is 0. The van der Waals surface area contributed by atoms with Gasteiger partial charge in [-0.05, 0) is 31.0 Å². The lowest BCUT2D eigenvalue weighted by Crippen LogP contribution is -2.29. The van der Waals surface area contributed by atoms with Crippen LogP contribution in [0.5, 0.6) is 0 Å². The molecule has 0 bridgehead atoms. The van der Waals surface area contributed by atoms with Crippen LogP contribution in [0.15, 0.2) is 17.0 Å². The summed E-state index contributed by atoms with van der Waals surface area (Å²) in [6, 6.07) is 2.60. The van der Waals surface area contributed by atoms with Crippen molar-refractivity contribution in [2.75, 3.05) is 19.5 Å². The van der Waals surface area contributed by atoms with Crippen molar-refractivity contribution in [1.82, 2.24) is 4.31 Å². The molecule has 0 radical (unpaired) electrons. The fourth-order valence-corrected chi connectivity index (χ4v) is 3.28. The molecular weight excluding hydrogens is 292 g/mol. The van der Waals surface area contributed by atoms with Crippen molar-refractivity contribution < 1.29 is 13.3 Å². The number of sulfonamides is 1. The fourth-order valence-electron chi connectivity index (χ4n) is 1.53. The molecule has 0 unspecified atom stereocenters. The van der Waals surface area contributed by atoms with Gasteiger partial charge in [-0.15, -0.1) is 11.6 Å². The minimum atomic E-state index is -3.91. The molecule has 8 heteroatoms. The Morgan fingerprint density at radius 2 is 1.84 bits per heavy atom. The Labute approximate surface area is 117 Å². The Bertz CT molecular complexity index is 601. The molecule has 0 atom stereocenters. The van der Waals surface area contributed by atoms with Crippen molar-refractivity contribution in [2.45, 2.75) is 18.7 Å². The van der Waals surface area contributed by atoms with E-state index in [9.17, 15) is 18.5 Å². The molecule has 0 saturated heterocycles. The highest BCUT2D eigenvalue weighted by Gasteiger charge is 2.29. The Morgan fingerprint density at radius 1 is 1.32 bits per heavy atom. The first-order valence-electron chi connectivity index (χ1n) is 5.49. The predicted octanol–water partition coefficient (Wildman–Crippen LogP) is 2.07. The molecule has 6 nitrogen and oxygen atoms in total. The number of alkyl halides is 1. The van der Waals surface area contributed by atoms with E-state index < -0.39 is 20.6 Å². The molecule has 0 fully saturated rings. The van der Waals surface area contributed by atoms with Gasteiger partial charge < -0.3 is 0 Å². The van der Waals surface area contributed by atoms with E-state index in [0.29, 0.717) is 11.1 Å². The first-order valence-corrected chi connectivity index (χ1v) is 7.47. The van der Waals surface area contributed by atoms with E-state index in [1.165, 1.54) is 19.2 Å². The smallest absolute Gasteiger partial charge is 0.258 e. The first kappa shape index (κ1) is 15.9. The van der Waals surface area contributed by atoms with Crippen LogP contribution in [0.25, 0.3) is 0 Å². The average Bonchev–Trinajstić information content (AvgIpc) is 2.31. The molecule has 0 aliphatic heterocycles. The third-order valence-electron chi connectivity index (χ3n) is 2.86. The van der Waals surface area contributed by atoms with Gasteiger partial charge in [0.25, 0.3) is 5.69 Å². The Hall–Kier alpha value is -1.18. The van der Waals surface area contributed by atoms with E-state index in [1.807, 2.05) is 0 Å². The number of hydrogen-bond acceptors (Lipinski definition) is 4. The van der Waals surface area contributed by atoms with E-state index >= 15 is 0 Å². The lowest BCUT2D eigenvalue weighted by atomic mass is 10.1. The fraction of sp³-hybridized carbons (Fsp3) is 0.455. The van der Waals surface area contributed by atoms with E-state index in [-0.39, 0.29) is 17.3 Å². The number of benzene rings is 1. The van der Waals surface area contributed by atoms with Gasteiger partial charge >= 0.3 is 0 Å². The second kappa shape index (κ2) is 5.85. The topological polar surface area (TPSA) is 80.5 Å². The van der Waals surface area contributed by atoms with Gasteiger partial charge in [0, 0.05) is 25.5 Å². The average molecular weight is 307 g/mol. The minimum Gasteiger partial charge on any atom is -0.258 e. The third kappa shape index (κ3) is 3.23. The van der Waals surface area contributed by atoms with E-state index in [2.05, 4.69) is 0 Å². The van der Waals surface area contributed by atoms with Gasteiger partial charge in [0.05, 0.1) is 4.92 Å². The Balaban J connectivity index is 3.49. The number of halogens is 1. The second-order valence-electron chi connectivity index (χ2n) is 4.18. The monoisotopic (exact) mass is 306 g/mol. The SMILES string of the molecule is Cc1cc([N+](=O)[O-])c(S(=O)(=O)N(C)CCCl)cc1C. The van der Waals surface area contributed by atoms with Crippen molar-refractivity contribution in [1.29, 1.82) is 0 Å². The van der Waals surface area contributed by atoms with Crippen LogP contribution in [0.4, 0.5) is 5.69 Å². The number of nitrogens with zero attached hydrogens (tertiary/aromatic N) is 2. The number of nitro groups is 1. The highest BCUT2D eigenvalue weighted by Crippen LogP contribution is 2.29. The van der Waals surface area contributed by atoms with Gasteiger partial charge in [-0.25, -0.2) is 8.42 Å². The minimum absolute atomic E-state index is 0.0912. The Morgan fingerprint density at radius 3 is 2.32 bits per heavy atom. The summed E-state index contributed by atoms with van der Waals surface area (Å²) >= 11 is 5.51. The van der Waals surface area contributed by atoms with Gasteiger partial charge in [0.1, 0.15) is 0 Å². The van der Waals surface area contributed by atoms with Crippen molar-refractivity contribution in [3.8, 4) is 0 Å². The molecule has 1 aromatic rings. The molecule has 1 aromatic carbocycles. The summed E-state index contributed by atoms with van der Waals surface area (Å²) in [7, 11) is -2.56. The van der Waals surface area contributed by atoms with Crippen molar-refractivity contribution in [2.24, 2.45) is 0 Å². The molecule has 0 aromatic heterocycles. The molecule has 0 aliphatic carbocycles. The maximum absolute atomic E-state index is 12.3. The summed E-state index contributed by atoms with van der Waals surface area (Å²) < 4.78 is 25.6. The zero-order chi connectivity index (χ0) is 14.8. The number of nitro benzene ring substituents is 1. The van der Waals surface area contributed by atoms with E-state index in [1.54, 1.807) is 13.8 Å². The lowest BCUT2D eigenvalue weighted by molar-refractivity contribution is -0.387. The van der Waals surface area contributed by atoms with E-state index in [0.717, 1.165) is 4.31 Å². The van der Waals surface area contributed by atoms with Crippen LogP contribution in [-0.4, -0.2) is 37.1 Å². The number of aryl methyl sites for hydroxylation is 2. The summed E-state index contributed by atoms with van der Waals surface area (Å²) in [4.78, 5) is 10.0. The zero-order valence-electron chi connectivity index (χ0n) is 10.9. The summed E-state index contributed by atoms with van der Waals surface area (Å²) in [5, 5.41) is 11.0. The normalized spacial score (nSPS) is 11.8. The van der Waals surface area contributed by atoms with Crippen molar-refractivity contribution >= 4 is 27.3 Å². The maximum atomic E-state index is 12.3. The summed E-state index contributed by atoms with van der Waals surface area (Å²) in [6.07, 6.45) is 0. The van der Waals surface area contributed by atoms with Crippen LogP contribution in [-0.2, 0) is 10.0 Å². The molecule has 19 heavy (non-hydrogen) atoms. The van der Waals surface area contributed by atoms with Crippen LogP contribution in [0.2, 0.25) is 0 Å². The molecule has 0 aliphatic rings. The molecule has 0 amide bonds. The second-order valence-corrected chi connectivity index (χ2v) is 6.57. The van der Waals surface area contributed by atoms with Crippen LogP contribution < -0.4 is 0 Å². The van der Waals surface area contributed by atoms with Gasteiger partial charge in [-0.2, -0.15) is 4.31 Å². The van der Waals surface area contributed by atoms with Gasteiger partial charge in [0.15, 0.2) is 4.90 Å².